The number of allylic oxidation sites excluding steroid dienone is 2. The summed E-state index contributed by atoms with van der Waals surface area (Å²) in [4.78, 5) is 32.1. The number of hydrogen-bond acceptors (Lipinski definition) is 4. The third-order valence-corrected chi connectivity index (χ3v) is 2.35. The summed E-state index contributed by atoms with van der Waals surface area (Å²) in [6.07, 6.45) is 4.54. The zero-order chi connectivity index (χ0) is 13.8. The minimum absolute atomic E-state index is 0.0123. The summed E-state index contributed by atoms with van der Waals surface area (Å²) >= 11 is 0. The van der Waals surface area contributed by atoms with Crippen LogP contribution in [0.4, 0.5) is 10.5 Å². The monoisotopic (exact) mass is 259 g/mol. The molecule has 1 aromatic rings. The third kappa shape index (κ3) is 3.03. The van der Waals surface area contributed by atoms with E-state index in [9.17, 15) is 19.7 Å². The Balaban J connectivity index is 2.13. The molecule has 2 N–H and O–H groups in total. The number of nitrogens with zero attached hydrogens (tertiary/aromatic N) is 1. The first-order valence-corrected chi connectivity index (χ1v) is 5.31. The lowest BCUT2D eigenvalue weighted by Crippen LogP contribution is -2.22. The van der Waals surface area contributed by atoms with Crippen LogP contribution in [0.25, 0.3) is 6.08 Å². The van der Waals surface area contributed by atoms with Crippen molar-refractivity contribution in [3.8, 4) is 0 Å². The Morgan fingerprint density at radius 1 is 1.21 bits per heavy atom. The molecule has 3 amide bonds. The average Bonchev–Trinajstić information content (AvgIpc) is 2.68. The summed E-state index contributed by atoms with van der Waals surface area (Å²) in [7, 11) is 0. The minimum Gasteiger partial charge on any atom is -0.303 e. The van der Waals surface area contributed by atoms with E-state index in [0.717, 1.165) is 0 Å². The van der Waals surface area contributed by atoms with Crippen molar-refractivity contribution in [3.05, 3.63) is 57.8 Å². The first kappa shape index (κ1) is 12.5. The molecule has 0 radical (unpaired) electrons. The SMILES string of the molecule is O=C1NC(=O)C(=CC=Cc2cccc([N+](=O)[O-])c2)N1. The van der Waals surface area contributed by atoms with Gasteiger partial charge in [-0.05, 0) is 11.6 Å². The molecule has 0 aromatic heterocycles. The normalized spacial score (nSPS) is 16.7. The Hall–Kier alpha value is -2.96. The fraction of sp³-hybridized carbons (Fsp3) is 0. The molecule has 0 atom stereocenters. The van der Waals surface area contributed by atoms with Crippen molar-refractivity contribution in [2.75, 3.05) is 0 Å². The first-order chi connectivity index (χ1) is 9.06. The number of carbonyl (C=O) groups excluding carboxylic acids is 2. The molecule has 7 nitrogen and oxygen atoms in total. The number of benzene rings is 1. The number of hydrogen-bond donors (Lipinski definition) is 2. The molecule has 2 rings (SSSR count). The molecule has 19 heavy (non-hydrogen) atoms. The van der Waals surface area contributed by atoms with E-state index in [1.807, 2.05) is 0 Å². The van der Waals surface area contributed by atoms with Crippen LogP contribution >= 0.6 is 0 Å². The Labute approximate surface area is 107 Å². The van der Waals surface area contributed by atoms with Gasteiger partial charge in [-0.1, -0.05) is 24.3 Å². The lowest BCUT2D eigenvalue weighted by atomic mass is 10.2. The van der Waals surface area contributed by atoms with Crippen LogP contribution in [0.2, 0.25) is 0 Å². The number of rotatable bonds is 3. The van der Waals surface area contributed by atoms with Gasteiger partial charge in [0.2, 0.25) is 0 Å². The van der Waals surface area contributed by atoms with Gasteiger partial charge in [0.25, 0.3) is 11.6 Å². The molecule has 1 aliphatic heterocycles. The van der Waals surface area contributed by atoms with Gasteiger partial charge in [0.05, 0.1) is 4.92 Å². The van der Waals surface area contributed by atoms with Gasteiger partial charge < -0.3 is 5.32 Å². The molecule has 7 heteroatoms. The Bertz CT molecular complexity index is 619. The van der Waals surface area contributed by atoms with Gasteiger partial charge in [0, 0.05) is 12.1 Å². The molecule has 0 saturated carbocycles. The molecule has 0 spiro atoms. The van der Waals surface area contributed by atoms with E-state index in [2.05, 4.69) is 10.6 Å². The number of urea groups is 1. The fourth-order valence-corrected chi connectivity index (χ4v) is 1.50. The summed E-state index contributed by atoms with van der Waals surface area (Å²) in [5.41, 5.74) is 0.740. The summed E-state index contributed by atoms with van der Waals surface area (Å²) in [6, 6.07) is 5.48. The zero-order valence-electron chi connectivity index (χ0n) is 9.62. The van der Waals surface area contributed by atoms with Crippen LogP contribution in [-0.2, 0) is 4.79 Å². The van der Waals surface area contributed by atoms with Gasteiger partial charge in [-0.3, -0.25) is 20.2 Å². The molecule has 0 bridgehead atoms. The fourth-order valence-electron chi connectivity index (χ4n) is 1.50. The van der Waals surface area contributed by atoms with Crippen LogP contribution in [0.1, 0.15) is 5.56 Å². The second-order valence-corrected chi connectivity index (χ2v) is 3.70. The third-order valence-electron chi connectivity index (χ3n) is 2.35. The van der Waals surface area contributed by atoms with Crippen molar-refractivity contribution in [3.63, 3.8) is 0 Å². The van der Waals surface area contributed by atoms with E-state index in [4.69, 9.17) is 0 Å². The van der Waals surface area contributed by atoms with Crippen LogP contribution in [0.5, 0.6) is 0 Å². The molecular weight excluding hydrogens is 250 g/mol. The number of nitro groups is 1. The smallest absolute Gasteiger partial charge is 0.303 e. The minimum atomic E-state index is -0.569. The van der Waals surface area contributed by atoms with Crippen molar-refractivity contribution in [2.45, 2.75) is 0 Å². The van der Waals surface area contributed by atoms with Crippen molar-refractivity contribution < 1.29 is 14.5 Å². The van der Waals surface area contributed by atoms with Crippen molar-refractivity contribution >= 4 is 23.7 Å². The summed E-state index contributed by atoms with van der Waals surface area (Å²) in [5, 5.41) is 15.0. The van der Waals surface area contributed by atoms with Gasteiger partial charge in [-0.15, -0.1) is 0 Å². The maximum absolute atomic E-state index is 11.2. The van der Waals surface area contributed by atoms with Crippen LogP contribution in [0.3, 0.4) is 0 Å². The van der Waals surface area contributed by atoms with E-state index in [-0.39, 0.29) is 11.4 Å². The lowest BCUT2D eigenvalue weighted by Gasteiger charge is -1.93. The van der Waals surface area contributed by atoms with Crippen LogP contribution in [0.15, 0.2) is 42.1 Å². The van der Waals surface area contributed by atoms with Gasteiger partial charge >= 0.3 is 6.03 Å². The Kier molecular flexibility index (Phi) is 3.37. The zero-order valence-corrected chi connectivity index (χ0v) is 9.62. The predicted octanol–water partition coefficient (Wildman–Crippen LogP) is 1.33. The van der Waals surface area contributed by atoms with Gasteiger partial charge in [-0.2, -0.15) is 0 Å². The first-order valence-electron chi connectivity index (χ1n) is 5.31. The Morgan fingerprint density at radius 2 is 2.00 bits per heavy atom. The molecule has 0 aliphatic carbocycles. The van der Waals surface area contributed by atoms with Crippen LogP contribution < -0.4 is 10.6 Å². The number of amides is 3. The summed E-state index contributed by atoms with van der Waals surface area (Å²) in [5.74, 6) is -0.506. The van der Waals surface area contributed by atoms with E-state index in [0.29, 0.717) is 5.56 Å². The quantitative estimate of drug-likeness (QED) is 0.370. The highest BCUT2D eigenvalue weighted by Crippen LogP contribution is 2.14. The molecule has 96 valence electrons. The molecule has 1 heterocycles. The maximum atomic E-state index is 11.2. The summed E-state index contributed by atoms with van der Waals surface area (Å²) < 4.78 is 0. The number of imide groups is 1. The van der Waals surface area contributed by atoms with Crippen LogP contribution in [-0.4, -0.2) is 16.9 Å². The highest BCUT2D eigenvalue weighted by Gasteiger charge is 2.21. The molecule has 1 fully saturated rings. The topological polar surface area (TPSA) is 101 Å². The van der Waals surface area contributed by atoms with Crippen LogP contribution in [0, 0.1) is 10.1 Å². The number of carbonyl (C=O) groups is 2. The standard InChI is InChI=1S/C12H9N3O4/c16-11-10(13-12(17)14-11)6-2-4-8-3-1-5-9(7-8)15(18)19/h1-7H,(H2,13,14,16,17). The van der Waals surface area contributed by atoms with Gasteiger partial charge in [-0.25, -0.2) is 4.79 Å². The van der Waals surface area contributed by atoms with E-state index < -0.39 is 16.9 Å². The highest BCUT2D eigenvalue weighted by atomic mass is 16.6. The molecule has 1 saturated heterocycles. The van der Waals surface area contributed by atoms with Gasteiger partial charge in [0.15, 0.2) is 0 Å². The molecule has 1 aliphatic rings. The van der Waals surface area contributed by atoms with Crippen molar-refractivity contribution in [1.82, 2.24) is 10.6 Å². The number of nitrogens with one attached hydrogen (secondary N) is 2. The van der Waals surface area contributed by atoms with E-state index in [1.165, 1.54) is 24.3 Å². The maximum Gasteiger partial charge on any atom is 0.326 e. The van der Waals surface area contributed by atoms with Crippen molar-refractivity contribution in [2.24, 2.45) is 0 Å². The largest absolute Gasteiger partial charge is 0.326 e. The van der Waals surface area contributed by atoms with E-state index in [1.54, 1.807) is 18.2 Å². The van der Waals surface area contributed by atoms with Gasteiger partial charge in [0.1, 0.15) is 5.70 Å². The Morgan fingerprint density at radius 3 is 2.63 bits per heavy atom. The number of non-ortho nitro benzene ring substituents is 1. The number of nitro benzene ring substituents is 1. The molecule has 1 aromatic carbocycles. The average molecular weight is 259 g/mol. The second-order valence-electron chi connectivity index (χ2n) is 3.70. The predicted molar refractivity (Wildman–Crippen MR) is 66.9 cm³/mol. The summed E-state index contributed by atoms with van der Waals surface area (Å²) in [6.45, 7) is 0. The second kappa shape index (κ2) is 5.13. The van der Waals surface area contributed by atoms with E-state index >= 15 is 0 Å². The highest BCUT2D eigenvalue weighted by molar-refractivity contribution is 6.11. The molecule has 0 unspecified atom stereocenters. The molecular formula is C12H9N3O4. The van der Waals surface area contributed by atoms with Crippen molar-refractivity contribution in [1.29, 1.82) is 0 Å². The lowest BCUT2D eigenvalue weighted by molar-refractivity contribution is -0.384.